The summed E-state index contributed by atoms with van der Waals surface area (Å²) in [5.41, 5.74) is 1.30. The molecule has 0 bridgehead atoms. The van der Waals surface area contributed by atoms with E-state index in [2.05, 4.69) is 58.6 Å². The van der Waals surface area contributed by atoms with Crippen molar-refractivity contribution in [2.45, 2.75) is 0 Å². The van der Waals surface area contributed by atoms with E-state index in [9.17, 15) is 0 Å². The van der Waals surface area contributed by atoms with Crippen LogP contribution in [0.3, 0.4) is 0 Å². The first kappa shape index (κ1) is 9.68. The highest BCUT2D eigenvalue weighted by atomic mass is 15.2. The third kappa shape index (κ3) is 2.14. The number of nitrogens with zero attached hydrogens (tertiary/aromatic N) is 3. The molecule has 3 nitrogen and oxygen atoms in total. The highest BCUT2D eigenvalue weighted by Gasteiger charge is 2.22. The van der Waals surface area contributed by atoms with E-state index < -0.39 is 0 Å². The van der Waals surface area contributed by atoms with E-state index in [0.717, 1.165) is 22.6 Å². The Bertz CT molecular complexity index is 285. The zero-order chi connectivity index (χ0) is 9.97. The molecule has 0 unspecified atom stereocenters. The van der Waals surface area contributed by atoms with Crippen molar-refractivity contribution in [3.05, 3.63) is 30.3 Å². The lowest BCUT2D eigenvalue weighted by Gasteiger charge is -2.38. The first-order chi connectivity index (χ1) is 6.75. The first-order valence-corrected chi connectivity index (χ1v) is 4.93. The summed E-state index contributed by atoms with van der Waals surface area (Å²) in [7, 11) is 7.35. The average Bonchev–Trinajstić information content (AvgIpc) is 2.18. The minimum absolute atomic E-state index is 1.01. The Hall–Kier alpha value is -0.865. The standard InChI is InChI=1S/C8H14B3N3/c1-12-9-13(2)11-14(10-12)8-6-4-3-5-7-8/h3-7,9-11H,1-2H3. The van der Waals surface area contributed by atoms with Crippen molar-refractivity contribution < 1.29 is 0 Å². The number of para-hydroxylation sites is 1. The highest BCUT2D eigenvalue weighted by Crippen LogP contribution is 2.13. The lowest BCUT2D eigenvalue weighted by molar-refractivity contribution is 0.701. The van der Waals surface area contributed by atoms with Gasteiger partial charge in [-0.15, -0.1) is 0 Å². The molecular formula is C8H14B3N3. The van der Waals surface area contributed by atoms with Crippen molar-refractivity contribution in [1.82, 2.24) is 9.44 Å². The van der Waals surface area contributed by atoms with Gasteiger partial charge in [0.15, 0.2) is 0 Å². The molecule has 0 radical (unpaired) electrons. The van der Waals surface area contributed by atoms with E-state index in [4.69, 9.17) is 0 Å². The van der Waals surface area contributed by atoms with Crippen molar-refractivity contribution in [2.24, 2.45) is 0 Å². The molecule has 1 aromatic carbocycles. The molecule has 0 aliphatic carbocycles. The van der Waals surface area contributed by atoms with E-state index in [-0.39, 0.29) is 0 Å². The molecule has 1 aliphatic heterocycles. The largest absolute Gasteiger partial charge is 0.441 e. The molecule has 1 fully saturated rings. The Morgan fingerprint density at radius 1 is 0.857 bits per heavy atom. The maximum atomic E-state index is 2.36. The summed E-state index contributed by atoms with van der Waals surface area (Å²) >= 11 is 0. The molecule has 0 N–H and O–H groups in total. The van der Waals surface area contributed by atoms with E-state index >= 15 is 0 Å². The molecule has 6 heteroatoms. The quantitative estimate of drug-likeness (QED) is 0.528. The van der Waals surface area contributed by atoms with Gasteiger partial charge < -0.3 is 14.2 Å². The minimum Gasteiger partial charge on any atom is -0.441 e. The van der Waals surface area contributed by atoms with Crippen LogP contribution in [-0.4, -0.2) is 46.2 Å². The van der Waals surface area contributed by atoms with Crippen LogP contribution in [0.2, 0.25) is 0 Å². The van der Waals surface area contributed by atoms with Gasteiger partial charge in [-0.05, 0) is 26.2 Å². The molecule has 1 saturated heterocycles. The first-order valence-electron chi connectivity index (χ1n) is 4.93. The summed E-state index contributed by atoms with van der Waals surface area (Å²) in [6.07, 6.45) is 0. The molecule has 0 atom stereocenters. The van der Waals surface area contributed by atoms with Gasteiger partial charge in [0.25, 0.3) is 7.55 Å². The third-order valence-corrected chi connectivity index (χ3v) is 2.43. The van der Waals surface area contributed by atoms with Crippen LogP contribution in [0.5, 0.6) is 0 Å². The van der Waals surface area contributed by atoms with Gasteiger partial charge in [-0.3, -0.25) is 0 Å². The van der Waals surface area contributed by atoms with E-state index in [1.807, 2.05) is 0 Å². The molecule has 0 spiro atoms. The minimum atomic E-state index is 1.01. The number of anilines is 1. The average molecular weight is 185 g/mol. The third-order valence-electron chi connectivity index (χ3n) is 2.43. The van der Waals surface area contributed by atoms with Gasteiger partial charge in [0.2, 0.25) is 0 Å². The van der Waals surface area contributed by atoms with Crippen LogP contribution in [0.1, 0.15) is 0 Å². The van der Waals surface area contributed by atoms with Gasteiger partial charge in [-0.1, -0.05) is 18.2 Å². The number of hydrogen-bond donors (Lipinski definition) is 0. The summed E-state index contributed by atoms with van der Waals surface area (Å²) < 4.78 is 6.97. The normalized spacial score (nSPS) is 18.3. The Kier molecular flexibility index (Phi) is 2.84. The second-order valence-corrected chi connectivity index (χ2v) is 4.01. The number of rotatable bonds is 1. The highest BCUT2D eigenvalue weighted by molar-refractivity contribution is 6.73. The lowest BCUT2D eigenvalue weighted by Crippen LogP contribution is -2.59. The Morgan fingerprint density at radius 3 is 2.00 bits per heavy atom. The van der Waals surface area contributed by atoms with E-state index in [1.165, 1.54) is 5.69 Å². The topological polar surface area (TPSA) is 9.72 Å². The molecule has 14 heavy (non-hydrogen) atoms. The smallest absolute Gasteiger partial charge is 0.301 e. The summed E-state index contributed by atoms with van der Waals surface area (Å²) in [5.74, 6) is 0. The van der Waals surface area contributed by atoms with E-state index in [1.54, 1.807) is 0 Å². The van der Waals surface area contributed by atoms with Crippen molar-refractivity contribution in [3.63, 3.8) is 0 Å². The van der Waals surface area contributed by atoms with Crippen molar-refractivity contribution in [2.75, 3.05) is 18.8 Å². The van der Waals surface area contributed by atoms with Crippen LogP contribution in [0.15, 0.2) is 30.3 Å². The maximum Gasteiger partial charge on any atom is 0.301 e. The molecule has 0 aromatic heterocycles. The molecule has 0 saturated carbocycles. The van der Waals surface area contributed by atoms with Gasteiger partial charge in [-0.2, -0.15) is 0 Å². The van der Waals surface area contributed by atoms with Crippen molar-refractivity contribution in [1.29, 1.82) is 0 Å². The molecule has 1 heterocycles. The zero-order valence-electron chi connectivity index (χ0n) is 8.85. The van der Waals surface area contributed by atoms with Gasteiger partial charge in [0.1, 0.15) is 0 Å². The van der Waals surface area contributed by atoms with Crippen LogP contribution in [-0.2, 0) is 0 Å². The Labute approximate surface area is 87.5 Å². The Balaban J connectivity index is 2.11. The summed E-state index contributed by atoms with van der Waals surface area (Å²) in [6, 6.07) is 10.6. The summed E-state index contributed by atoms with van der Waals surface area (Å²) in [4.78, 5) is 0. The molecule has 2 rings (SSSR count). The fourth-order valence-electron chi connectivity index (χ4n) is 1.93. The molecule has 0 amide bonds. The van der Waals surface area contributed by atoms with Crippen LogP contribution < -0.4 is 4.72 Å². The van der Waals surface area contributed by atoms with Crippen LogP contribution in [0.25, 0.3) is 0 Å². The number of hydrogen-bond acceptors (Lipinski definition) is 3. The van der Waals surface area contributed by atoms with Crippen LogP contribution >= 0.6 is 0 Å². The maximum absolute atomic E-state index is 2.36. The van der Waals surface area contributed by atoms with E-state index in [0.29, 0.717) is 0 Å². The van der Waals surface area contributed by atoms with Crippen molar-refractivity contribution in [3.8, 4) is 0 Å². The van der Waals surface area contributed by atoms with Gasteiger partial charge in [-0.25, -0.2) is 0 Å². The molecule has 70 valence electrons. The van der Waals surface area contributed by atoms with Gasteiger partial charge in [0, 0.05) is 5.69 Å². The fraction of sp³-hybridized carbons (Fsp3) is 0.250. The molecular weight excluding hydrogens is 171 g/mol. The number of benzene rings is 1. The lowest BCUT2D eigenvalue weighted by atomic mass is 9.75. The van der Waals surface area contributed by atoms with Crippen LogP contribution in [0.4, 0.5) is 5.69 Å². The fourth-order valence-corrected chi connectivity index (χ4v) is 1.93. The predicted molar refractivity (Wildman–Crippen MR) is 65.9 cm³/mol. The molecule has 1 aliphatic rings. The van der Waals surface area contributed by atoms with Crippen LogP contribution in [0, 0.1) is 0 Å². The zero-order valence-corrected chi connectivity index (χ0v) is 8.85. The summed E-state index contributed by atoms with van der Waals surface area (Å²) in [5, 5.41) is 0. The predicted octanol–water partition coefficient (Wildman–Crippen LogP) is -0.830. The van der Waals surface area contributed by atoms with Gasteiger partial charge >= 0.3 is 15.1 Å². The van der Waals surface area contributed by atoms with Gasteiger partial charge in [0.05, 0.1) is 0 Å². The second kappa shape index (κ2) is 4.11. The summed E-state index contributed by atoms with van der Waals surface area (Å²) in [6.45, 7) is 0. The SMILES string of the molecule is CN1BN(C)BN(c2ccccc2)B1. The Morgan fingerprint density at radius 2 is 1.43 bits per heavy atom. The van der Waals surface area contributed by atoms with Crippen molar-refractivity contribution >= 4 is 28.3 Å². The monoisotopic (exact) mass is 185 g/mol. The molecule has 1 aromatic rings. The second-order valence-electron chi connectivity index (χ2n) is 4.01.